The van der Waals surface area contributed by atoms with Crippen LogP contribution in [0, 0.1) is 35.3 Å². The number of ether oxygens (including phenoxy) is 1. The van der Waals surface area contributed by atoms with E-state index >= 15 is 0 Å². The number of hydrogen-bond donors (Lipinski definition) is 1. The van der Waals surface area contributed by atoms with Crippen LogP contribution in [-0.2, 0) is 11.0 Å². The predicted octanol–water partition coefficient (Wildman–Crippen LogP) is 2.54. The molecule has 2 aromatic carbocycles. The lowest BCUT2D eigenvalue weighted by atomic mass is 9.83. The van der Waals surface area contributed by atoms with Gasteiger partial charge in [-0.25, -0.2) is 17.3 Å². The zero-order chi connectivity index (χ0) is 19.6. The second-order valence-corrected chi connectivity index (χ2v) is 8.11. The molecule has 0 amide bonds. The first-order valence-corrected chi connectivity index (χ1v) is 9.34. The highest BCUT2D eigenvalue weighted by atomic mass is 32.2. The van der Waals surface area contributed by atoms with E-state index in [0.717, 1.165) is 6.07 Å². The number of aliphatic hydroxyl groups excluding tert-OH is 1. The molecule has 1 aliphatic heterocycles. The Morgan fingerprint density at radius 2 is 2.04 bits per heavy atom. The molecular formula is C19H18F2N2O3S. The lowest BCUT2D eigenvalue weighted by Gasteiger charge is -2.47. The molecule has 1 atom stereocenters. The molecule has 1 N–H and O–H groups in total. The summed E-state index contributed by atoms with van der Waals surface area (Å²) in [7, 11) is -1.46. The lowest BCUT2D eigenvalue weighted by molar-refractivity contribution is -0.0250. The second kappa shape index (κ2) is 7.72. The molecule has 1 fully saturated rings. The maximum Gasteiger partial charge on any atom is 0.144 e. The molecule has 27 heavy (non-hydrogen) atoms. The molecule has 0 bridgehead atoms. The topological polar surface area (TPSA) is 73.6 Å². The third kappa shape index (κ3) is 4.00. The summed E-state index contributed by atoms with van der Waals surface area (Å²) in [4.78, 5) is 0.526. The highest BCUT2D eigenvalue weighted by molar-refractivity contribution is 7.82. The SMILES string of the molecule is Cc1cc(F)ccc1S(=O)N1CC(CO)(COc2ccc(C#N)c(F)c2)C1. The fourth-order valence-electron chi connectivity index (χ4n) is 2.92. The van der Waals surface area contributed by atoms with Crippen LogP contribution < -0.4 is 4.74 Å². The van der Waals surface area contributed by atoms with Gasteiger partial charge in [-0.05, 0) is 42.8 Å². The molecule has 8 heteroatoms. The normalized spacial score (nSPS) is 17.0. The van der Waals surface area contributed by atoms with Gasteiger partial charge in [0.05, 0.1) is 29.1 Å². The van der Waals surface area contributed by atoms with E-state index < -0.39 is 22.2 Å². The Hall–Kier alpha value is -2.34. The first-order valence-electron chi connectivity index (χ1n) is 8.24. The van der Waals surface area contributed by atoms with Crippen LogP contribution in [0.4, 0.5) is 8.78 Å². The Kier molecular flexibility index (Phi) is 5.56. The number of aliphatic hydroxyl groups is 1. The summed E-state index contributed by atoms with van der Waals surface area (Å²) in [5.74, 6) is -0.797. The van der Waals surface area contributed by atoms with Crippen LogP contribution in [0.25, 0.3) is 0 Å². The summed E-state index contributed by atoms with van der Waals surface area (Å²) < 4.78 is 46.8. The summed E-state index contributed by atoms with van der Waals surface area (Å²) >= 11 is 0. The van der Waals surface area contributed by atoms with Crippen molar-refractivity contribution in [2.45, 2.75) is 11.8 Å². The van der Waals surface area contributed by atoms with Crippen molar-refractivity contribution in [2.75, 3.05) is 26.3 Å². The molecule has 1 unspecified atom stereocenters. The third-order valence-electron chi connectivity index (χ3n) is 4.52. The van der Waals surface area contributed by atoms with E-state index in [-0.39, 0.29) is 30.3 Å². The summed E-state index contributed by atoms with van der Waals surface area (Å²) in [6.07, 6.45) is 0. The smallest absolute Gasteiger partial charge is 0.144 e. The fraction of sp³-hybridized carbons (Fsp3) is 0.316. The molecule has 1 aliphatic rings. The number of aryl methyl sites for hydroxylation is 1. The fourth-order valence-corrected chi connectivity index (χ4v) is 4.50. The molecule has 3 rings (SSSR count). The number of benzene rings is 2. The van der Waals surface area contributed by atoms with Crippen LogP contribution in [0.5, 0.6) is 5.75 Å². The average Bonchev–Trinajstić information content (AvgIpc) is 2.61. The van der Waals surface area contributed by atoms with Crippen molar-refractivity contribution in [3.63, 3.8) is 0 Å². The van der Waals surface area contributed by atoms with Gasteiger partial charge in [0.25, 0.3) is 0 Å². The van der Waals surface area contributed by atoms with Crippen molar-refractivity contribution in [1.29, 1.82) is 5.26 Å². The van der Waals surface area contributed by atoms with Crippen molar-refractivity contribution < 1.29 is 22.8 Å². The minimum absolute atomic E-state index is 0.0703. The Balaban J connectivity index is 1.63. The molecule has 0 aromatic heterocycles. The first-order chi connectivity index (χ1) is 12.9. The zero-order valence-electron chi connectivity index (χ0n) is 14.6. The maximum absolute atomic E-state index is 13.6. The first kappa shape index (κ1) is 19.4. The maximum atomic E-state index is 13.6. The van der Waals surface area contributed by atoms with E-state index in [9.17, 15) is 18.1 Å². The summed E-state index contributed by atoms with van der Waals surface area (Å²) in [5, 5.41) is 18.5. The zero-order valence-corrected chi connectivity index (χ0v) is 15.4. The van der Waals surface area contributed by atoms with Gasteiger partial charge in [-0.15, -0.1) is 0 Å². The molecule has 2 aromatic rings. The van der Waals surface area contributed by atoms with Crippen LogP contribution in [0.2, 0.25) is 0 Å². The molecular weight excluding hydrogens is 374 g/mol. The van der Waals surface area contributed by atoms with Gasteiger partial charge in [0.1, 0.15) is 34.4 Å². The van der Waals surface area contributed by atoms with Gasteiger partial charge in [0.2, 0.25) is 0 Å². The Morgan fingerprint density at radius 1 is 1.30 bits per heavy atom. The minimum atomic E-state index is -1.46. The van der Waals surface area contributed by atoms with E-state index in [1.165, 1.54) is 30.3 Å². The van der Waals surface area contributed by atoms with Crippen LogP contribution in [0.3, 0.4) is 0 Å². The molecule has 0 spiro atoms. The summed E-state index contributed by atoms with van der Waals surface area (Å²) in [6, 6.07) is 9.77. The van der Waals surface area contributed by atoms with E-state index in [1.54, 1.807) is 17.3 Å². The van der Waals surface area contributed by atoms with Crippen LogP contribution in [0.1, 0.15) is 11.1 Å². The van der Waals surface area contributed by atoms with Crippen molar-refractivity contribution >= 4 is 11.0 Å². The van der Waals surface area contributed by atoms with Gasteiger partial charge in [0.15, 0.2) is 0 Å². The van der Waals surface area contributed by atoms with Gasteiger partial charge in [-0.1, -0.05) is 0 Å². The van der Waals surface area contributed by atoms with Crippen molar-refractivity contribution in [1.82, 2.24) is 4.31 Å². The van der Waals surface area contributed by atoms with Gasteiger partial charge < -0.3 is 9.84 Å². The van der Waals surface area contributed by atoms with Gasteiger partial charge in [-0.3, -0.25) is 0 Å². The number of rotatable bonds is 6. The third-order valence-corrected chi connectivity index (χ3v) is 6.09. The Bertz CT molecular complexity index is 924. The number of nitriles is 1. The highest BCUT2D eigenvalue weighted by Crippen LogP contribution is 2.34. The van der Waals surface area contributed by atoms with E-state index in [0.29, 0.717) is 23.5 Å². The Morgan fingerprint density at radius 3 is 2.63 bits per heavy atom. The number of nitrogens with zero attached hydrogens (tertiary/aromatic N) is 2. The van der Waals surface area contributed by atoms with E-state index in [4.69, 9.17) is 10.00 Å². The van der Waals surface area contributed by atoms with E-state index in [1.807, 2.05) is 0 Å². The molecule has 0 saturated carbocycles. The van der Waals surface area contributed by atoms with Crippen molar-refractivity contribution in [3.05, 3.63) is 59.2 Å². The molecule has 1 heterocycles. The summed E-state index contributed by atoms with van der Waals surface area (Å²) in [6.45, 7) is 2.28. The molecule has 0 radical (unpaired) electrons. The summed E-state index contributed by atoms with van der Waals surface area (Å²) in [5.41, 5.74) is -0.0909. The molecule has 1 saturated heterocycles. The number of hydrogen-bond acceptors (Lipinski definition) is 4. The Labute approximate surface area is 158 Å². The van der Waals surface area contributed by atoms with Crippen molar-refractivity contribution in [2.24, 2.45) is 5.41 Å². The monoisotopic (exact) mass is 392 g/mol. The van der Waals surface area contributed by atoms with Gasteiger partial charge in [-0.2, -0.15) is 5.26 Å². The van der Waals surface area contributed by atoms with Gasteiger partial charge >= 0.3 is 0 Å². The van der Waals surface area contributed by atoms with Crippen LogP contribution in [-0.4, -0.2) is 39.9 Å². The van der Waals surface area contributed by atoms with Crippen LogP contribution >= 0.6 is 0 Å². The quantitative estimate of drug-likeness (QED) is 0.820. The van der Waals surface area contributed by atoms with E-state index in [2.05, 4.69) is 0 Å². The second-order valence-electron chi connectivity index (χ2n) is 6.66. The molecule has 142 valence electrons. The number of halogens is 2. The predicted molar refractivity (Wildman–Crippen MR) is 95.2 cm³/mol. The van der Waals surface area contributed by atoms with Gasteiger partial charge in [0, 0.05) is 19.2 Å². The highest BCUT2D eigenvalue weighted by Gasteiger charge is 2.46. The molecule has 0 aliphatic carbocycles. The minimum Gasteiger partial charge on any atom is -0.493 e. The van der Waals surface area contributed by atoms with Crippen LogP contribution in [0.15, 0.2) is 41.3 Å². The largest absolute Gasteiger partial charge is 0.493 e. The lowest BCUT2D eigenvalue weighted by Crippen LogP contribution is -2.61. The van der Waals surface area contributed by atoms with Crippen molar-refractivity contribution in [3.8, 4) is 11.8 Å². The average molecular weight is 392 g/mol. The standard InChI is InChI=1S/C19H18F2N2O3S/c1-13-6-15(20)3-5-18(13)27(25)23-9-19(10-23,11-24)12-26-16-4-2-14(8-22)17(21)7-16/h2-7,24H,9-12H2,1H3. The molecule has 5 nitrogen and oxygen atoms in total.